The lowest BCUT2D eigenvalue weighted by Crippen LogP contribution is -2.12. The van der Waals surface area contributed by atoms with E-state index in [4.69, 9.17) is 4.74 Å². The van der Waals surface area contributed by atoms with E-state index >= 15 is 0 Å². The summed E-state index contributed by atoms with van der Waals surface area (Å²) in [4.78, 5) is 24.3. The van der Waals surface area contributed by atoms with E-state index < -0.39 is 5.97 Å². The van der Waals surface area contributed by atoms with Crippen LogP contribution in [-0.2, 0) is 9.53 Å². The van der Waals surface area contributed by atoms with Crippen LogP contribution in [-0.4, -0.2) is 33.4 Å². The molecule has 0 fully saturated rings. The highest BCUT2D eigenvalue weighted by atomic mass is 79.9. The summed E-state index contributed by atoms with van der Waals surface area (Å²) in [5.74, 6) is -0.856. The van der Waals surface area contributed by atoms with E-state index in [0.717, 1.165) is 27.0 Å². The summed E-state index contributed by atoms with van der Waals surface area (Å²) >= 11 is 3.43. The summed E-state index contributed by atoms with van der Waals surface area (Å²) in [5, 5.41) is 8.17. The molecule has 6 nitrogen and oxygen atoms in total. The van der Waals surface area contributed by atoms with Gasteiger partial charge in [-0.2, -0.15) is 0 Å². The standard InChI is InChI=1S/C25H18BrN3O3/c26-21-11-7-19(8-12-21)23-16-27-28-29(23)22-13-9-20(10-14-22)24(30)17-32-25(31)15-6-18-4-2-1-3-5-18/h1-16H,17H2. The molecular weight excluding hydrogens is 470 g/mol. The molecule has 158 valence electrons. The van der Waals surface area contributed by atoms with Crippen molar-refractivity contribution in [1.82, 2.24) is 15.0 Å². The Morgan fingerprint density at radius 3 is 2.38 bits per heavy atom. The first-order chi connectivity index (χ1) is 15.6. The molecule has 0 bridgehead atoms. The average molecular weight is 488 g/mol. The van der Waals surface area contributed by atoms with Crippen LogP contribution in [0.3, 0.4) is 0 Å². The quantitative estimate of drug-likeness (QED) is 0.205. The van der Waals surface area contributed by atoms with Crippen LogP contribution in [0.15, 0.2) is 95.6 Å². The highest BCUT2D eigenvalue weighted by molar-refractivity contribution is 9.10. The molecule has 0 N–H and O–H groups in total. The Labute approximate surface area is 193 Å². The second-order valence-electron chi connectivity index (χ2n) is 6.86. The van der Waals surface area contributed by atoms with Crippen molar-refractivity contribution < 1.29 is 14.3 Å². The first-order valence-corrected chi connectivity index (χ1v) is 10.6. The number of hydrogen-bond donors (Lipinski definition) is 0. The predicted octanol–water partition coefficient (Wildman–Crippen LogP) is 5.14. The van der Waals surface area contributed by atoms with Crippen LogP contribution in [0.4, 0.5) is 0 Å². The molecule has 0 spiro atoms. The molecule has 0 amide bonds. The summed E-state index contributed by atoms with van der Waals surface area (Å²) in [6.45, 7) is -0.329. The van der Waals surface area contributed by atoms with Crippen molar-refractivity contribution in [2.24, 2.45) is 0 Å². The number of carbonyl (C=O) groups is 2. The number of carbonyl (C=O) groups excluding carboxylic acids is 2. The second kappa shape index (κ2) is 9.98. The van der Waals surface area contributed by atoms with Gasteiger partial charge in [0.15, 0.2) is 12.4 Å². The lowest BCUT2D eigenvalue weighted by Gasteiger charge is -2.08. The number of rotatable bonds is 7. The Balaban J connectivity index is 1.39. The van der Waals surface area contributed by atoms with Gasteiger partial charge in [-0.1, -0.05) is 63.6 Å². The molecule has 0 aliphatic rings. The molecule has 0 aliphatic heterocycles. The number of ether oxygens (including phenoxy) is 1. The summed E-state index contributed by atoms with van der Waals surface area (Å²) in [6, 6.07) is 24.1. The second-order valence-corrected chi connectivity index (χ2v) is 7.78. The predicted molar refractivity (Wildman–Crippen MR) is 125 cm³/mol. The van der Waals surface area contributed by atoms with Gasteiger partial charge in [0.1, 0.15) is 0 Å². The van der Waals surface area contributed by atoms with Gasteiger partial charge in [0, 0.05) is 21.7 Å². The lowest BCUT2D eigenvalue weighted by molar-refractivity contribution is -0.136. The Morgan fingerprint density at radius 2 is 1.66 bits per heavy atom. The van der Waals surface area contributed by atoms with Crippen molar-refractivity contribution in [3.05, 3.63) is 107 Å². The zero-order valence-electron chi connectivity index (χ0n) is 16.9. The molecule has 1 heterocycles. The van der Waals surface area contributed by atoms with Gasteiger partial charge in [0.2, 0.25) is 0 Å². The minimum atomic E-state index is -0.569. The topological polar surface area (TPSA) is 74.1 Å². The molecule has 0 unspecified atom stereocenters. The van der Waals surface area contributed by atoms with Gasteiger partial charge in [-0.25, -0.2) is 9.48 Å². The van der Waals surface area contributed by atoms with Gasteiger partial charge >= 0.3 is 5.97 Å². The number of esters is 1. The van der Waals surface area contributed by atoms with Crippen LogP contribution >= 0.6 is 15.9 Å². The van der Waals surface area contributed by atoms with Crippen LogP contribution < -0.4 is 0 Å². The summed E-state index contributed by atoms with van der Waals surface area (Å²) < 4.78 is 7.75. The fraction of sp³-hybridized carbons (Fsp3) is 0.0400. The molecule has 7 heteroatoms. The third-order valence-corrected chi connectivity index (χ3v) is 5.21. The molecule has 3 aromatic carbocycles. The molecule has 0 radical (unpaired) electrons. The fourth-order valence-corrected chi connectivity index (χ4v) is 3.29. The molecule has 0 atom stereocenters. The third kappa shape index (κ3) is 5.25. The van der Waals surface area contributed by atoms with E-state index in [1.165, 1.54) is 6.08 Å². The van der Waals surface area contributed by atoms with Gasteiger partial charge in [-0.05, 0) is 48.0 Å². The molecule has 0 saturated heterocycles. The largest absolute Gasteiger partial charge is 0.454 e. The van der Waals surface area contributed by atoms with Crippen LogP contribution in [0.5, 0.6) is 0 Å². The molecule has 0 saturated carbocycles. The maximum Gasteiger partial charge on any atom is 0.331 e. The minimum absolute atomic E-state index is 0.287. The number of Topliss-reactive ketones (excluding diaryl/α,β-unsaturated/α-hetero) is 1. The zero-order chi connectivity index (χ0) is 22.3. The van der Waals surface area contributed by atoms with E-state index in [2.05, 4.69) is 26.2 Å². The summed E-state index contributed by atoms with van der Waals surface area (Å²) in [6.07, 6.45) is 4.63. The number of hydrogen-bond acceptors (Lipinski definition) is 5. The molecule has 32 heavy (non-hydrogen) atoms. The molecule has 4 aromatic rings. The van der Waals surface area contributed by atoms with Crippen LogP contribution in [0.2, 0.25) is 0 Å². The summed E-state index contributed by atoms with van der Waals surface area (Å²) in [7, 11) is 0. The molecular formula is C25H18BrN3O3. The number of nitrogens with zero attached hydrogens (tertiary/aromatic N) is 3. The van der Waals surface area contributed by atoms with Gasteiger partial charge in [0.05, 0.1) is 17.6 Å². The van der Waals surface area contributed by atoms with E-state index in [9.17, 15) is 9.59 Å². The van der Waals surface area contributed by atoms with Crippen molar-refractivity contribution in [3.8, 4) is 16.9 Å². The van der Waals surface area contributed by atoms with Gasteiger partial charge < -0.3 is 4.74 Å². The first-order valence-electron chi connectivity index (χ1n) is 9.80. The maximum absolute atomic E-state index is 12.4. The smallest absolute Gasteiger partial charge is 0.331 e. The normalized spacial score (nSPS) is 10.9. The van der Waals surface area contributed by atoms with Crippen LogP contribution in [0.1, 0.15) is 15.9 Å². The van der Waals surface area contributed by atoms with Crippen LogP contribution in [0, 0.1) is 0 Å². The van der Waals surface area contributed by atoms with Gasteiger partial charge in [0.25, 0.3) is 0 Å². The van der Waals surface area contributed by atoms with Gasteiger partial charge in [-0.15, -0.1) is 5.10 Å². The zero-order valence-corrected chi connectivity index (χ0v) is 18.5. The highest BCUT2D eigenvalue weighted by Crippen LogP contribution is 2.23. The minimum Gasteiger partial charge on any atom is -0.454 e. The number of aromatic nitrogens is 3. The van der Waals surface area contributed by atoms with E-state index in [0.29, 0.717) is 5.56 Å². The van der Waals surface area contributed by atoms with Crippen molar-refractivity contribution in [3.63, 3.8) is 0 Å². The van der Waals surface area contributed by atoms with Crippen molar-refractivity contribution >= 4 is 33.8 Å². The van der Waals surface area contributed by atoms with E-state index in [-0.39, 0.29) is 12.4 Å². The number of benzene rings is 3. The highest BCUT2D eigenvalue weighted by Gasteiger charge is 2.12. The van der Waals surface area contributed by atoms with E-state index in [1.807, 2.05) is 54.6 Å². The van der Waals surface area contributed by atoms with Gasteiger partial charge in [-0.3, -0.25) is 4.79 Å². The van der Waals surface area contributed by atoms with E-state index in [1.54, 1.807) is 41.2 Å². The lowest BCUT2D eigenvalue weighted by atomic mass is 10.1. The Hall–Kier alpha value is -3.84. The van der Waals surface area contributed by atoms with Crippen molar-refractivity contribution in [2.45, 2.75) is 0 Å². The summed E-state index contributed by atoms with van der Waals surface area (Å²) in [5.41, 5.74) is 3.88. The molecule has 0 aliphatic carbocycles. The first kappa shape index (κ1) is 21.4. The van der Waals surface area contributed by atoms with Crippen molar-refractivity contribution in [2.75, 3.05) is 6.61 Å². The number of halogens is 1. The fourth-order valence-electron chi connectivity index (χ4n) is 3.03. The monoisotopic (exact) mass is 487 g/mol. The Morgan fingerprint density at radius 1 is 0.938 bits per heavy atom. The SMILES string of the molecule is O=C(C=Cc1ccccc1)OCC(=O)c1ccc(-n2nncc2-c2ccc(Br)cc2)cc1. The third-order valence-electron chi connectivity index (χ3n) is 4.68. The maximum atomic E-state index is 12.4. The Bertz CT molecular complexity index is 1250. The van der Waals surface area contributed by atoms with Crippen molar-refractivity contribution in [1.29, 1.82) is 0 Å². The Kier molecular flexibility index (Phi) is 6.67. The molecule has 1 aromatic heterocycles. The average Bonchev–Trinajstić information content (AvgIpc) is 3.32. The molecule has 4 rings (SSSR count). The van der Waals surface area contributed by atoms with Crippen LogP contribution in [0.25, 0.3) is 23.0 Å². The number of ketones is 1.